The minimum Gasteiger partial charge on any atom is -0.497 e. The Morgan fingerprint density at radius 3 is 2.47 bits per heavy atom. The molecule has 4 atom stereocenters. The van der Waals surface area contributed by atoms with Crippen LogP contribution in [0.5, 0.6) is 5.75 Å². The van der Waals surface area contributed by atoms with E-state index in [2.05, 4.69) is 33.5 Å². The molecular formula is C36H45N5O5S. The Labute approximate surface area is 285 Å². The van der Waals surface area contributed by atoms with E-state index < -0.39 is 39.8 Å². The van der Waals surface area contributed by atoms with Gasteiger partial charge in [-0.15, -0.1) is 0 Å². The highest BCUT2D eigenvalue weighted by molar-refractivity contribution is 7.87. The lowest BCUT2D eigenvalue weighted by atomic mass is 9.81. The third-order valence-corrected chi connectivity index (χ3v) is 12.5. The zero-order valence-electron chi connectivity index (χ0n) is 32.8. The van der Waals surface area contributed by atoms with Gasteiger partial charge in [0.2, 0.25) is 5.91 Å². The van der Waals surface area contributed by atoms with Crippen molar-refractivity contribution >= 4 is 32.9 Å². The number of benzene rings is 2. The highest BCUT2D eigenvalue weighted by atomic mass is 32.2. The van der Waals surface area contributed by atoms with E-state index in [1.165, 1.54) is 6.07 Å². The van der Waals surface area contributed by atoms with Gasteiger partial charge in [0.15, 0.2) is 0 Å². The van der Waals surface area contributed by atoms with E-state index in [-0.39, 0.29) is 35.4 Å². The first kappa shape index (κ1) is 24.7. The van der Waals surface area contributed by atoms with Gasteiger partial charge in [0, 0.05) is 81.8 Å². The third kappa shape index (κ3) is 4.83. The Kier molecular flexibility index (Phi) is 5.81. The van der Waals surface area contributed by atoms with Gasteiger partial charge in [0.1, 0.15) is 5.75 Å². The minimum absolute atomic E-state index is 0.0457. The maximum absolute atomic E-state index is 15.0. The second-order valence-corrected chi connectivity index (χ2v) is 15.8. The summed E-state index contributed by atoms with van der Waals surface area (Å²) in [7, 11) is -1.59. The number of piperazine rings is 1. The fraction of sp³-hybridized carbons (Fsp3) is 0.556. The van der Waals surface area contributed by atoms with E-state index >= 15 is 4.79 Å². The first-order valence-corrected chi connectivity index (χ1v) is 18.1. The smallest absolute Gasteiger partial charge is 0.303 e. The van der Waals surface area contributed by atoms with E-state index in [0.717, 1.165) is 85.8 Å². The summed E-state index contributed by atoms with van der Waals surface area (Å²) in [5, 5.41) is 0.904. The normalized spacial score (nSPS) is 29.7. The molecular weight excluding hydrogens is 614 g/mol. The van der Waals surface area contributed by atoms with Crippen molar-refractivity contribution in [1.29, 1.82) is 0 Å². The number of nitrogens with zero attached hydrogens (tertiary/aromatic N) is 4. The quantitative estimate of drug-likeness (QED) is 0.410. The molecule has 250 valence electrons. The molecule has 4 fully saturated rings. The number of methoxy groups -OCH3 is 1. The van der Waals surface area contributed by atoms with Crippen LogP contribution in [0.15, 0.2) is 36.4 Å². The van der Waals surface area contributed by atoms with Gasteiger partial charge < -0.3 is 19.1 Å². The van der Waals surface area contributed by atoms with Crippen molar-refractivity contribution in [3.63, 3.8) is 0 Å². The van der Waals surface area contributed by atoms with Crippen molar-refractivity contribution in [2.24, 2.45) is 5.41 Å². The number of carbonyl (C=O) groups is 2. The molecule has 8 rings (SSSR count). The number of hydrogen-bond donors (Lipinski definition) is 1. The number of carbonyl (C=O) groups excluding carboxylic acids is 2. The van der Waals surface area contributed by atoms with E-state index in [9.17, 15) is 13.2 Å². The Morgan fingerprint density at radius 1 is 1.02 bits per heavy atom. The third-order valence-electron chi connectivity index (χ3n) is 11.6. The molecule has 0 radical (unpaired) electrons. The van der Waals surface area contributed by atoms with Crippen LogP contribution in [0.2, 0.25) is 0 Å². The lowest BCUT2D eigenvalue weighted by molar-refractivity contribution is -0.143. The number of rotatable bonds is 6. The van der Waals surface area contributed by atoms with Crippen molar-refractivity contribution in [3.8, 4) is 17.0 Å². The van der Waals surface area contributed by atoms with Crippen LogP contribution in [0.25, 0.3) is 22.2 Å². The summed E-state index contributed by atoms with van der Waals surface area (Å²) in [4.78, 5) is 33.2. The van der Waals surface area contributed by atoms with Crippen LogP contribution in [-0.2, 0) is 21.5 Å². The van der Waals surface area contributed by atoms with E-state index in [0.29, 0.717) is 24.2 Å². The predicted octanol–water partition coefficient (Wildman–Crippen LogP) is 4.69. The molecule has 0 spiro atoms. The first-order valence-electron chi connectivity index (χ1n) is 19.7. The number of fused-ring (bicyclic) bond motifs is 9. The molecule has 2 unspecified atom stereocenters. The van der Waals surface area contributed by atoms with Crippen LogP contribution in [0, 0.1) is 5.41 Å². The molecule has 2 bridgehead atoms. The van der Waals surface area contributed by atoms with Gasteiger partial charge in [0.25, 0.3) is 5.91 Å². The highest BCUT2D eigenvalue weighted by Gasteiger charge is 2.65. The van der Waals surface area contributed by atoms with Gasteiger partial charge in [-0.25, -0.2) is 4.72 Å². The molecule has 2 saturated heterocycles. The van der Waals surface area contributed by atoms with Crippen molar-refractivity contribution in [2.45, 2.75) is 81.8 Å². The van der Waals surface area contributed by atoms with E-state index in [1.54, 1.807) is 24.0 Å². The van der Waals surface area contributed by atoms with Gasteiger partial charge in [-0.05, 0) is 86.5 Å². The van der Waals surface area contributed by atoms with Crippen LogP contribution >= 0.6 is 0 Å². The Balaban J connectivity index is 1.28. The number of nitrogens with one attached hydrogen (secondary N) is 1. The van der Waals surface area contributed by atoms with Crippen molar-refractivity contribution in [3.05, 3.63) is 53.1 Å². The SMILES string of the molecule is [2H]C([2H])([2H])N(C([2H])([2H])[2H])S(=O)(=O)NC(=O)c1ccc2c(C3CCCCC3)c3n(c2c1)C[C@@]1(C(=O)N2C4CCC2CN(C)C4)C[C@H]1c1cc(OC)ccc1-3. The topological polar surface area (TPSA) is 104 Å². The number of aromatic nitrogens is 1. The van der Waals surface area contributed by atoms with Crippen molar-refractivity contribution in [1.82, 2.24) is 23.4 Å². The summed E-state index contributed by atoms with van der Waals surface area (Å²) in [6.45, 7) is -5.11. The largest absolute Gasteiger partial charge is 0.497 e. The summed E-state index contributed by atoms with van der Waals surface area (Å²) in [6.07, 6.45) is 7.86. The average Bonchev–Trinajstić information content (AvgIpc) is 3.66. The summed E-state index contributed by atoms with van der Waals surface area (Å²) in [5.74, 6) is -0.123. The number of ether oxygens (including phenoxy) is 1. The molecule has 2 aliphatic carbocycles. The molecule has 3 aliphatic heterocycles. The van der Waals surface area contributed by atoms with Gasteiger partial charge in [-0.1, -0.05) is 25.3 Å². The molecule has 3 aromatic rings. The van der Waals surface area contributed by atoms with E-state index in [1.807, 2.05) is 6.07 Å². The van der Waals surface area contributed by atoms with Gasteiger partial charge in [0.05, 0.1) is 18.2 Å². The second-order valence-electron chi connectivity index (χ2n) is 14.3. The lowest BCUT2D eigenvalue weighted by Gasteiger charge is -2.41. The Morgan fingerprint density at radius 2 is 1.77 bits per heavy atom. The molecule has 2 amide bonds. The molecule has 10 nitrogen and oxygen atoms in total. The Bertz CT molecular complexity index is 2080. The number of likely N-dealkylation sites (N-methyl/N-ethyl adjacent to an activating group) is 1. The summed E-state index contributed by atoms with van der Waals surface area (Å²) in [5.41, 5.74) is 4.06. The van der Waals surface area contributed by atoms with Crippen molar-refractivity contribution < 1.29 is 31.0 Å². The van der Waals surface area contributed by atoms with Gasteiger partial charge in [-0.3, -0.25) is 9.59 Å². The van der Waals surface area contributed by atoms with Crippen LogP contribution in [0.1, 0.15) is 92.9 Å². The molecule has 2 aromatic carbocycles. The zero-order chi connectivity index (χ0) is 37.8. The van der Waals surface area contributed by atoms with Crippen LogP contribution < -0.4 is 9.46 Å². The fourth-order valence-electron chi connectivity index (χ4n) is 9.35. The predicted molar refractivity (Wildman–Crippen MR) is 181 cm³/mol. The fourth-order valence-corrected chi connectivity index (χ4v) is 9.79. The first-order chi connectivity index (χ1) is 24.9. The summed E-state index contributed by atoms with van der Waals surface area (Å²) >= 11 is 0. The van der Waals surface area contributed by atoms with Crippen LogP contribution in [0.4, 0.5) is 0 Å². The molecule has 1 aromatic heterocycles. The van der Waals surface area contributed by atoms with Crippen LogP contribution in [-0.4, -0.2) is 92.2 Å². The molecule has 1 N–H and O–H groups in total. The average molecular weight is 666 g/mol. The molecule has 5 aliphatic rings. The molecule has 4 heterocycles. The molecule has 47 heavy (non-hydrogen) atoms. The molecule has 11 heteroatoms. The van der Waals surface area contributed by atoms with Gasteiger partial charge >= 0.3 is 10.2 Å². The number of amides is 2. The number of hydrogen-bond acceptors (Lipinski definition) is 6. The van der Waals surface area contributed by atoms with Gasteiger partial charge in [-0.2, -0.15) is 12.7 Å². The summed E-state index contributed by atoms with van der Waals surface area (Å²) in [6, 6.07) is 11.3. The molecule has 2 saturated carbocycles. The van der Waals surface area contributed by atoms with Crippen LogP contribution in [0.3, 0.4) is 0 Å². The lowest BCUT2D eigenvalue weighted by Crippen LogP contribution is -2.57. The Hall–Kier alpha value is -3.41. The van der Waals surface area contributed by atoms with E-state index in [4.69, 9.17) is 13.0 Å². The standard InChI is InChI=1S/C36H45N5O5S/c1-38(2)47(44,45)37-34(42)23-10-14-28-31(16-23)40-21-36(35(43)41-24-11-12-25(41)20-39(3)19-24)18-30(36)29-17-26(46-4)13-15-27(29)33(40)32(28)22-8-6-5-7-9-22/h10,13-17,22,24-25,30H,5-9,11-12,18-21H2,1-4H3,(H,37,42)/t24?,25?,30-,36-/m0/s1/i1D3,2D3. The maximum atomic E-state index is 15.0. The monoisotopic (exact) mass is 665 g/mol. The van der Waals surface area contributed by atoms with Crippen molar-refractivity contribution in [2.75, 3.05) is 41.2 Å². The maximum Gasteiger partial charge on any atom is 0.303 e. The highest BCUT2D eigenvalue weighted by Crippen LogP contribution is 2.66. The minimum atomic E-state index is -5.33. The second kappa shape index (κ2) is 11.1. The zero-order valence-corrected chi connectivity index (χ0v) is 27.6. The number of likely N-dealkylation sites (tertiary alicyclic amines) is 1. The summed E-state index contributed by atoms with van der Waals surface area (Å²) < 4.78 is 80.7.